The Morgan fingerprint density at radius 1 is 0.735 bits per heavy atom. The molecule has 2 unspecified atom stereocenters. The molecule has 1 N–H and O–H groups in total. The lowest BCUT2D eigenvalue weighted by Crippen LogP contribution is -2.34. The Balaban J connectivity index is 0.000000177. The quantitative estimate of drug-likeness (QED) is 0.164. The molecule has 3 aromatic carbocycles. The Labute approximate surface area is 305 Å². The second-order valence-electron chi connectivity index (χ2n) is 12.6. The van der Waals surface area contributed by atoms with Gasteiger partial charge in [0.15, 0.2) is 0 Å². The van der Waals surface area contributed by atoms with Crippen molar-refractivity contribution in [3.63, 3.8) is 0 Å². The number of nitrogens with one attached hydrogen (secondary N) is 1. The number of hydrogen-bond donors (Lipinski definition) is 1. The van der Waals surface area contributed by atoms with E-state index in [1.807, 2.05) is 65.4 Å². The number of likely N-dealkylation sites (tertiary alicyclic amines) is 2. The molecule has 2 aliphatic heterocycles. The number of benzene rings is 3. The average Bonchev–Trinajstić information content (AvgIpc) is 3.85. The molecule has 5 aromatic rings. The van der Waals surface area contributed by atoms with Crippen LogP contribution in [0.2, 0.25) is 10.0 Å². The van der Waals surface area contributed by atoms with Crippen molar-refractivity contribution in [2.24, 2.45) is 0 Å². The number of pyridine rings is 1. The molecule has 2 atom stereocenters. The van der Waals surface area contributed by atoms with Crippen LogP contribution in [0, 0.1) is 0 Å². The summed E-state index contributed by atoms with van der Waals surface area (Å²) in [6, 6.07) is 29.6. The van der Waals surface area contributed by atoms with E-state index in [0.29, 0.717) is 20.1 Å². The number of rotatable bonds is 9. The first-order valence-corrected chi connectivity index (χ1v) is 18.4. The van der Waals surface area contributed by atoms with Gasteiger partial charge in [0.1, 0.15) is 10.3 Å². The van der Waals surface area contributed by atoms with Gasteiger partial charge in [-0.05, 0) is 109 Å². The molecule has 0 spiro atoms. The molecule has 254 valence electrons. The third-order valence-electron chi connectivity index (χ3n) is 9.30. The molecule has 2 aliphatic rings. The summed E-state index contributed by atoms with van der Waals surface area (Å²) in [5.41, 5.74) is 3.60. The van der Waals surface area contributed by atoms with E-state index in [4.69, 9.17) is 23.2 Å². The van der Waals surface area contributed by atoms with E-state index >= 15 is 0 Å². The monoisotopic (exact) mass is 759 g/mol. The first-order valence-electron chi connectivity index (χ1n) is 16.8. The van der Waals surface area contributed by atoms with Crippen LogP contribution in [0.5, 0.6) is 0 Å². The summed E-state index contributed by atoms with van der Waals surface area (Å²) < 4.78 is 2.32. The summed E-state index contributed by atoms with van der Waals surface area (Å²) in [6.45, 7) is 6.16. The fourth-order valence-electron chi connectivity index (χ4n) is 6.71. The van der Waals surface area contributed by atoms with Crippen molar-refractivity contribution in [2.45, 2.75) is 37.6 Å². The first kappa shape index (κ1) is 35.3. The van der Waals surface area contributed by atoms with Gasteiger partial charge >= 0.3 is 0 Å². The first-order chi connectivity index (χ1) is 23.9. The minimum absolute atomic E-state index is 0.0195. The summed E-state index contributed by atoms with van der Waals surface area (Å²) >= 11 is 15.4. The van der Waals surface area contributed by atoms with Crippen LogP contribution in [-0.2, 0) is 0 Å². The number of H-pyrrole nitrogens is 1. The maximum Gasteiger partial charge on any atom is 0.265 e. The molecule has 0 saturated carbocycles. The molecule has 2 fully saturated rings. The zero-order chi connectivity index (χ0) is 34.2. The third-order valence-corrected chi connectivity index (χ3v) is 10.6. The summed E-state index contributed by atoms with van der Waals surface area (Å²) in [5.74, 6) is 0.839. The van der Waals surface area contributed by atoms with E-state index in [1.165, 1.54) is 31.2 Å². The SMILES string of the molecule is O=c1[nH]c(C(CN2CCCC2)c2ccccc2)ncc1Br.O=c1c(-c2ccc(Cl)c(Cl)c2)cccn1C(CN1CCCC1)c1ccccc1. The van der Waals surface area contributed by atoms with Crippen LogP contribution < -0.4 is 11.1 Å². The van der Waals surface area contributed by atoms with E-state index in [9.17, 15) is 9.59 Å². The highest BCUT2D eigenvalue weighted by atomic mass is 79.9. The second kappa shape index (κ2) is 16.9. The van der Waals surface area contributed by atoms with Gasteiger partial charge in [0.2, 0.25) is 0 Å². The van der Waals surface area contributed by atoms with Gasteiger partial charge < -0.3 is 19.4 Å². The van der Waals surface area contributed by atoms with Crippen molar-refractivity contribution in [3.8, 4) is 11.1 Å². The van der Waals surface area contributed by atoms with E-state index < -0.39 is 0 Å². The Kier molecular flexibility index (Phi) is 12.2. The summed E-state index contributed by atoms with van der Waals surface area (Å²) in [6.07, 6.45) is 8.43. The molecular formula is C39H40BrCl2N5O2. The molecule has 0 radical (unpaired) electrons. The molecule has 7 rings (SSSR count). The lowest BCUT2D eigenvalue weighted by molar-refractivity contribution is 0.295. The summed E-state index contributed by atoms with van der Waals surface area (Å²) in [4.78, 5) is 37.5. The van der Waals surface area contributed by atoms with Gasteiger partial charge in [-0.25, -0.2) is 4.98 Å². The third kappa shape index (κ3) is 8.99. The van der Waals surface area contributed by atoms with Crippen molar-refractivity contribution < 1.29 is 0 Å². The van der Waals surface area contributed by atoms with Crippen LogP contribution >= 0.6 is 39.1 Å². The zero-order valence-corrected chi connectivity index (χ0v) is 30.4. The molecule has 49 heavy (non-hydrogen) atoms. The van der Waals surface area contributed by atoms with Crippen LogP contribution in [0.3, 0.4) is 0 Å². The maximum absolute atomic E-state index is 13.4. The Bertz CT molecular complexity index is 1940. The van der Waals surface area contributed by atoms with Crippen molar-refractivity contribution in [3.05, 3.63) is 156 Å². The van der Waals surface area contributed by atoms with Crippen LogP contribution in [0.1, 0.15) is 54.6 Å². The fourth-order valence-corrected chi connectivity index (χ4v) is 7.21. The highest BCUT2D eigenvalue weighted by Gasteiger charge is 2.24. The highest BCUT2D eigenvalue weighted by molar-refractivity contribution is 9.10. The van der Waals surface area contributed by atoms with Crippen LogP contribution in [0.4, 0.5) is 0 Å². The topological polar surface area (TPSA) is 74.2 Å². The lowest BCUT2D eigenvalue weighted by atomic mass is 9.97. The molecule has 4 heterocycles. The van der Waals surface area contributed by atoms with E-state index in [1.54, 1.807) is 18.3 Å². The lowest BCUT2D eigenvalue weighted by Gasteiger charge is -2.26. The predicted octanol–water partition coefficient (Wildman–Crippen LogP) is 8.27. The van der Waals surface area contributed by atoms with E-state index in [2.05, 4.69) is 60.0 Å². The number of halogens is 3. The number of aromatic amines is 1. The molecule has 10 heteroatoms. The van der Waals surface area contributed by atoms with Crippen molar-refractivity contribution >= 4 is 39.1 Å². The van der Waals surface area contributed by atoms with Gasteiger partial charge in [0.25, 0.3) is 11.1 Å². The van der Waals surface area contributed by atoms with E-state index in [-0.39, 0.29) is 23.1 Å². The fraction of sp³-hybridized carbons (Fsp3) is 0.308. The normalized spacial score (nSPS) is 16.2. The van der Waals surface area contributed by atoms with Gasteiger partial charge in [0, 0.05) is 31.0 Å². The highest BCUT2D eigenvalue weighted by Crippen LogP contribution is 2.28. The largest absolute Gasteiger partial charge is 0.309 e. The number of aromatic nitrogens is 3. The van der Waals surface area contributed by atoms with Crippen molar-refractivity contribution in [1.82, 2.24) is 24.3 Å². The molecular weight excluding hydrogens is 721 g/mol. The zero-order valence-electron chi connectivity index (χ0n) is 27.3. The van der Waals surface area contributed by atoms with Gasteiger partial charge in [-0.2, -0.15) is 0 Å². The molecule has 0 amide bonds. The second-order valence-corrected chi connectivity index (χ2v) is 14.3. The predicted molar refractivity (Wildman–Crippen MR) is 203 cm³/mol. The van der Waals surface area contributed by atoms with Crippen molar-refractivity contribution in [2.75, 3.05) is 39.3 Å². The van der Waals surface area contributed by atoms with Crippen LogP contribution in [0.25, 0.3) is 11.1 Å². The molecule has 0 bridgehead atoms. The van der Waals surface area contributed by atoms with E-state index in [0.717, 1.165) is 56.2 Å². The van der Waals surface area contributed by atoms with Gasteiger partial charge in [-0.3, -0.25) is 9.59 Å². The minimum Gasteiger partial charge on any atom is -0.309 e. The minimum atomic E-state index is -0.123. The molecule has 0 aliphatic carbocycles. The Morgan fingerprint density at radius 3 is 1.96 bits per heavy atom. The van der Waals surface area contributed by atoms with Crippen LogP contribution in [0.15, 0.2) is 117 Å². The van der Waals surface area contributed by atoms with Gasteiger partial charge in [-0.15, -0.1) is 0 Å². The standard InChI is InChI=1S/C23H22Cl2N2O.C16H18BrN3O/c24-20-11-10-18(15-21(20)25)19-9-6-14-27(23(19)28)22(16-26-12-4-5-13-26)17-7-2-1-3-8-17;17-14-10-18-15(19-16(14)21)13(11-20-8-4-5-9-20)12-6-2-1-3-7-12/h1-3,6-11,14-15,22H,4-5,12-13,16H2;1-3,6-7,10,13H,4-5,8-9,11H2,(H,18,19,21). The smallest absolute Gasteiger partial charge is 0.265 e. The number of nitrogens with zero attached hydrogens (tertiary/aromatic N) is 4. The Morgan fingerprint density at radius 2 is 1.35 bits per heavy atom. The molecule has 2 saturated heterocycles. The van der Waals surface area contributed by atoms with Crippen LogP contribution in [-0.4, -0.2) is 63.6 Å². The molecule has 2 aromatic heterocycles. The van der Waals surface area contributed by atoms with Gasteiger partial charge in [0.05, 0.1) is 22.0 Å². The maximum atomic E-state index is 13.4. The van der Waals surface area contributed by atoms with Gasteiger partial charge in [-0.1, -0.05) is 89.9 Å². The summed E-state index contributed by atoms with van der Waals surface area (Å²) in [7, 11) is 0. The average molecular weight is 762 g/mol. The Hall–Kier alpha value is -3.53. The summed E-state index contributed by atoms with van der Waals surface area (Å²) in [5, 5.41) is 0.934. The van der Waals surface area contributed by atoms with Crippen molar-refractivity contribution in [1.29, 1.82) is 0 Å². The molecule has 7 nitrogen and oxygen atoms in total. The number of hydrogen-bond acceptors (Lipinski definition) is 5.